The SMILES string of the molecule is C[Se]CC[C@H](NC(=O)OCC1c2ccccc2-c2ccccc21)C(=O)O. The molecule has 0 bridgehead atoms. The Morgan fingerprint density at radius 3 is 2.23 bits per heavy atom. The van der Waals surface area contributed by atoms with Crippen molar-refractivity contribution in [2.24, 2.45) is 0 Å². The van der Waals surface area contributed by atoms with Crippen LogP contribution in [0, 0.1) is 0 Å². The summed E-state index contributed by atoms with van der Waals surface area (Å²) in [6.45, 7) is 0.184. The molecule has 3 rings (SSSR count). The Morgan fingerprint density at radius 1 is 1.12 bits per heavy atom. The molecular weight excluding hydrogens is 397 g/mol. The van der Waals surface area contributed by atoms with E-state index in [1.807, 2.05) is 42.2 Å². The molecule has 2 N–H and O–H groups in total. The van der Waals surface area contributed by atoms with Gasteiger partial charge in [-0.15, -0.1) is 0 Å². The normalized spacial score (nSPS) is 13.6. The Morgan fingerprint density at radius 2 is 1.69 bits per heavy atom. The van der Waals surface area contributed by atoms with Crippen molar-refractivity contribution in [2.45, 2.75) is 29.5 Å². The van der Waals surface area contributed by atoms with Gasteiger partial charge in [0.2, 0.25) is 0 Å². The molecule has 2 aromatic rings. The molecule has 0 aliphatic heterocycles. The number of amides is 1. The van der Waals surface area contributed by atoms with Gasteiger partial charge in [-0.25, -0.2) is 0 Å². The molecule has 0 aromatic heterocycles. The number of hydrogen-bond donors (Lipinski definition) is 2. The molecule has 1 amide bonds. The molecule has 1 atom stereocenters. The van der Waals surface area contributed by atoms with Gasteiger partial charge in [-0.2, -0.15) is 0 Å². The number of ether oxygens (including phenoxy) is 1. The second-order valence-electron chi connectivity index (χ2n) is 6.14. The number of nitrogens with one attached hydrogen (secondary N) is 1. The number of alkyl carbamates (subject to hydrolysis) is 1. The molecule has 1 aliphatic rings. The summed E-state index contributed by atoms with van der Waals surface area (Å²) >= 11 is 0.372. The van der Waals surface area contributed by atoms with Crippen LogP contribution in [-0.2, 0) is 9.53 Å². The van der Waals surface area contributed by atoms with E-state index >= 15 is 0 Å². The van der Waals surface area contributed by atoms with Gasteiger partial charge >= 0.3 is 159 Å². The monoisotopic (exact) mass is 419 g/mol. The van der Waals surface area contributed by atoms with Crippen molar-refractivity contribution in [3.05, 3.63) is 59.7 Å². The van der Waals surface area contributed by atoms with E-state index in [2.05, 4.69) is 17.4 Å². The summed E-state index contributed by atoms with van der Waals surface area (Å²) in [6.07, 6.45) is -0.251. The topological polar surface area (TPSA) is 75.6 Å². The van der Waals surface area contributed by atoms with Crippen molar-refractivity contribution in [1.29, 1.82) is 0 Å². The van der Waals surface area contributed by atoms with Crippen molar-refractivity contribution in [1.82, 2.24) is 5.32 Å². The average Bonchev–Trinajstić information content (AvgIpc) is 2.97. The number of benzene rings is 2. The molecule has 1 aliphatic carbocycles. The minimum atomic E-state index is -1.03. The zero-order chi connectivity index (χ0) is 18.5. The first-order valence-electron chi connectivity index (χ1n) is 8.45. The number of carbonyl (C=O) groups is 2. The molecule has 0 saturated heterocycles. The zero-order valence-electron chi connectivity index (χ0n) is 14.5. The van der Waals surface area contributed by atoms with Crippen molar-refractivity contribution in [3.63, 3.8) is 0 Å². The van der Waals surface area contributed by atoms with Gasteiger partial charge in [-0.05, 0) is 0 Å². The molecule has 6 heteroatoms. The van der Waals surface area contributed by atoms with Crippen LogP contribution >= 0.6 is 0 Å². The zero-order valence-corrected chi connectivity index (χ0v) is 16.2. The molecule has 0 saturated carbocycles. The summed E-state index contributed by atoms with van der Waals surface area (Å²) in [5.74, 6) is 0.984. The van der Waals surface area contributed by atoms with Crippen LogP contribution in [0.5, 0.6) is 0 Å². The Labute approximate surface area is 158 Å². The molecule has 5 nitrogen and oxygen atoms in total. The third-order valence-corrected chi connectivity index (χ3v) is 5.90. The van der Waals surface area contributed by atoms with Gasteiger partial charge < -0.3 is 0 Å². The van der Waals surface area contributed by atoms with Crippen molar-refractivity contribution in [2.75, 3.05) is 6.61 Å². The van der Waals surface area contributed by atoms with E-state index in [4.69, 9.17) is 4.74 Å². The van der Waals surface area contributed by atoms with Gasteiger partial charge in [0.1, 0.15) is 0 Å². The fraction of sp³-hybridized carbons (Fsp3) is 0.300. The summed E-state index contributed by atoms with van der Waals surface area (Å²) in [5.41, 5.74) is 4.58. The molecule has 136 valence electrons. The number of hydrogen-bond acceptors (Lipinski definition) is 3. The fourth-order valence-electron chi connectivity index (χ4n) is 3.28. The Bertz CT molecular complexity index is 762. The van der Waals surface area contributed by atoms with Gasteiger partial charge in [0.05, 0.1) is 0 Å². The van der Waals surface area contributed by atoms with Crippen molar-refractivity contribution in [3.8, 4) is 11.1 Å². The van der Waals surface area contributed by atoms with Crippen LogP contribution in [0.3, 0.4) is 0 Å². The number of carboxylic acid groups (broad SMARTS) is 1. The van der Waals surface area contributed by atoms with E-state index in [9.17, 15) is 14.7 Å². The molecule has 26 heavy (non-hydrogen) atoms. The van der Waals surface area contributed by atoms with Gasteiger partial charge in [0, 0.05) is 0 Å². The maximum atomic E-state index is 12.1. The molecule has 2 aromatic carbocycles. The van der Waals surface area contributed by atoms with Gasteiger partial charge in [-0.3, -0.25) is 0 Å². The number of carbonyl (C=O) groups excluding carboxylic acids is 1. The van der Waals surface area contributed by atoms with Gasteiger partial charge in [-0.1, -0.05) is 0 Å². The minimum absolute atomic E-state index is 0.0320. The fourth-order valence-corrected chi connectivity index (χ4v) is 4.26. The quantitative estimate of drug-likeness (QED) is 0.675. The van der Waals surface area contributed by atoms with E-state index in [0.29, 0.717) is 21.4 Å². The van der Waals surface area contributed by atoms with Crippen LogP contribution in [0.4, 0.5) is 4.79 Å². The molecule has 0 unspecified atom stereocenters. The summed E-state index contributed by atoms with van der Waals surface area (Å²) in [5, 5.41) is 12.5. The van der Waals surface area contributed by atoms with Crippen molar-refractivity contribution >= 4 is 27.0 Å². The first-order valence-corrected chi connectivity index (χ1v) is 11.4. The summed E-state index contributed by atoms with van der Waals surface area (Å²) < 4.78 is 5.39. The predicted octanol–water partition coefficient (Wildman–Crippen LogP) is 3.54. The third kappa shape index (κ3) is 3.92. The van der Waals surface area contributed by atoms with E-state index in [1.165, 1.54) is 0 Å². The second kappa shape index (κ2) is 8.39. The molecule has 0 radical (unpaired) electrons. The molecule has 0 heterocycles. The van der Waals surface area contributed by atoms with E-state index in [0.717, 1.165) is 27.6 Å². The van der Waals surface area contributed by atoms with Crippen LogP contribution in [0.1, 0.15) is 23.5 Å². The number of carboxylic acids is 1. The maximum absolute atomic E-state index is 12.1. The molecule has 0 fully saturated rings. The Kier molecular flexibility index (Phi) is 5.96. The Hall–Kier alpha value is -2.30. The Balaban J connectivity index is 1.68. The number of rotatable bonds is 7. The first-order chi connectivity index (χ1) is 12.6. The van der Waals surface area contributed by atoms with E-state index in [1.54, 1.807) is 0 Å². The summed E-state index contributed by atoms with van der Waals surface area (Å²) in [6, 6.07) is 15.3. The van der Waals surface area contributed by atoms with Crippen molar-refractivity contribution < 1.29 is 19.4 Å². The average molecular weight is 418 g/mol. The van der Waals surface area contributed by atoms with Crippen LogP contribution in [0.2, 0.25) is 11.1 Å². The summed E-state index contributed by atoms with van der Waals surface area (Å²) in [4.78, 5) is 23.4. The molecule has 0 spiro atoms. The first kappa shape index (κ1) is 18.5. The third-order valence-electron chi connectivity index (χ3n) is 4.54. The van der Waals surface area contributed by atoms with Crippen LogP contribution in [0.25, 0.3) is 11.1 Å². The number of aliphatic carboxylic acids is 1. The molecular formula is C20H21NO4Se. The summed E-state index contributed by atoms with van der Waals surface area (Å²) in [7, 11) is 0. The standard InChI is InChI=1S/C20H21NO4Se/c1-26-11-10-18(19(22)23)21-20(24)25-12-17-15-8-4-2-6-13(15)14-7-3-5-9-16(14)17/h2-9,17-18H,10-12H2,1H3,(H,21,24)(H,22,23)/t18-/m0/s1. The van der Waals surface area contributed by atoms with Gasteiger partial charge in [0.25, 0.3) is 0 Å². The number of fused-ring (bicyclic) bond motifs is 3. The van der Waals surface area contributed by atoms with E-state index < -0.39 is 18.1 Å². The van der Waals surface area contributed by atoms with Gasteiger partial charge in [0.15, 0.2) is 0 Å². The van der Waals surface area contributed by atoms with Crippen LogP contribution < -0.4 is 5.32 Å². The van der Waals surface area contributed by atoms with Crippen LogP contribution in [0.15, 0.2) is 48.5 Å². The predicted molar refractivity (Wildman–Crippen MR) is 101 cm³/mol. The van der Waals surface area contributed by atoms with Crippen LogP contribution in [-0.4, -0.2) is 44.8 Å². The van der Waals surface area contributed by atoms with E-state index in [-0.39, 0.29) is 12.5 Å². The second-order valence-corrected chi connectivity index (χ2v) is 8.21.